The van der Waals surface area contributed by atoms with Crippen molar-refractivity contribution in [2.75, 3.05) is 13.1 Å². The first-order valence-electron chi connectivity index (χ1n) is 11.9. The number of rotatable bonds is 5. The van der Waals surface area contributed by atoms with Gasteiger partial charge in [0.2, 0.25) is 0 Å². The summed E-state index contributed by atoms with van der Waals surface area (Å²) in [7, 11) is 0. The van der Waals surface area contributed by atoms with Gasteiger partial charge in [-0.15, -0.1) is 0 Å². The van der Waals surface area contributed by atoms with Gasteiger partial charge in [0.05, 0.1) is 24.8 Å². The molecule has 3 atom stereocenters. The van der Waals surface area contributed by atoms with Crippen molar-refractivity contribution in [1.82, 2.24) is 10.2 Å². The number of ether oxygens (including phenoxy) is 1. The number of halogens is 4. The van der Waals surface area contributed by atoms with Crippen LogP contribution in [0.2, 0.25) is 5.02 Å². The minimum absolute atomic E-state index is 0.0462. The Bertz CT molecular complexity index is 1130. The molecule has 1 aliphatic heterocycles. The molecule has 3 aliphatic rings. The summed E-state index contributed by atoms with van der Waals surface area (Å²) in [5.41, 5.74) is 1.11. The molecule has 1 saturated heterocycles. The summed E-state index contributed by atoms with van der Waals surface area (Å²) >= 11 is 6.00. The van der Waals surface area contributed by atoms with Crippen LogP contribution in [0.15, 0.2) is 60.2 Å². The number of nitrogens with zero attached hydrogens (tertiary/aromatic N) is 1. The predicted octanol–water partition coefficient (Wildman–Crippen LogP) is 6.75. The molecule has 3 unspecified atom stereocenters. The number of alkyl halides is 3. The first-order chi connectivity index (χ1) is 16.6. The molecule has 186 valence electrons. The molecule has 2 amide bonds. The van der Waals surface area contributed by atoms with Crippen molar-refractivity contribution in [2.24, 2.45) is 5.92 Å². The number of nitrogens with one attached hydrogen (secondary N) is 1. The third-order valence-corrected chi connectivity index (χ3v) is 7.51. The molecule has 2 aromatic rings. The molecule has 35 heavy (non-hydrogen) atoms. The van der Waals surface area contributed by atoms with Crippen LogP contribution in [0.4, 0.5) is 18.0 Å². The van der Waals surface area contributed by atoms with Crippen molar-refractivity contribution in [1.29, 1.82) is 0 Å². The zero-order valence-electron chi connectivity index (χ0n) is 19.4. The monoisotopic (exact) mass is 504 g/mol. The highest BCUT2D eigenvalue weighted by Crippen LogP contribution is 2.44. The largest absolute Gasteiger partial charge is 0.416 e. The average Bonchev–Trinajstić information content (AvgIpc) is 3.07. The molecule has 4 nitrogen and oxygen atoms in total. The van der Waals surface area contributed by atoms with E-state index in [4.69, 9.17) is 16.3 Å². The normalized spacial score (nSPS) is 25.1. The van der Waals surface area contributed by atoms with Crippen molar-refractivity contribution in [3.63, 3.8) is 0 Å². The Morgan fingerprint density at radius 1 is 1.17 bits per heavy atom. The van der Waals surface area contributed by atoms with Gasteiger partial charge in [0.1, 0.15) is 6.10 Å². The maximum atomic E-state index is 13.8. The summed E-state index contributed by atoms with van der Waals surface area (Å²) in [4.78, 5) is 14.6. The van der Waals surface area contributed by atoms with E-state index in [1.165, 1.54) is 17.7 Å². The SMILES string of the molecule is CC1CC2=CCC(NC(=O)N3CC(OC(c4ccc(Cl)cc4)c4ccccc4C(F)(F)F)C3)(C2)C1. The van der Waals surface area contributed by atoms with E-state index < -0.39 is 17.8 Å². The quantitative estimate of drug-likeness (QED) is 0.458. The van der Waals surface area contributed by atoms with E-state index in [-0.39, 0.29) is 23.2 Å². The smallest absolute Gasteiger partial charge is 0.362 e. The molecule has 8 heteroatoms. The lowest BCUT2D eigenvalue weighted by molar-refractivity contribution is -0.140. The molecular weight excluding hydrogens is 477 g/mol. The van der Waals surface area contributed by atoms with Crippen LogP contribution in [0.5, 0.6) is 0 Å². The lowest BCUT2D eigenvalue weighted by atomic mass is 9.78. The van der Waals surface area contributed by atoms with Gasteiger partial charge in [-0.05, 0) is 60.9 Å². The number of hydrogen-bond acceptors (Lipinski definition) is 2. The maximum absolute atomic E-state index is 13.8. The molecule has 2 aliphatic carbocycles. The van der Waals surface area contributed by atoms with E-state index >= 15 is 0 Å². The van der Waals surface area contributed by atoms with Gasteiger partial charge in [-0.3, -0.25) is 0 Å². The molecule has 1 heterocycles. The van der Waals surface area contributed by atoms with E-state index in [1.54, 1.807) is 35.2 Å². The zero-order chi connectivity index (χ0) is 24.8. The highest BCUT2D eigenvalue weighted by molar-refractivity contribution is 6.30. The van der Waals surface area contributed by atoms with Crippen molar-refractivity contribution in [3.05, 3.63) is 81.9 Å². The van der Waals surface area contributed by atoms with Crippen LogP contribution >= 0.6 is 11.6 Å². The van der Waals surface area contributed by atoms with Gasteiger partial charge in [-0.25, -0.2) is 4.79 Å². The van der Waals surface area contributed by atoms with Crippen LogP contribution in [-0.4, -0.2) is 35.7 Å². The lowest BCUT2D eigenvalue weighted by Gasteiger charge is -2.44. The Morgan fingerprint density at radius 2 is 1.89 bits per heavy atom. The highest BCUT2D eigenvalue weighted by atomic mass is 35.5. The summed E-state index contributed by atoms with van der Waals surface area (Å²) in [5.74, 6) is 0.541. The number of likely N-dealkylation sites (tertiary alicyclic amines) is 1. The van der Waals surface area contributed by atoms with Crippen LogP contribution in [-0.2, 0) is 10.9 Å². The topological polar surface area (TPSA) is 41.6 Å². The molecule has 2 fully saturated rings. The average molecular weight is 505 g/mol. The summed E-state index contributed by atoms with van der Waals surface area (Å²) in [6, 6.07) is 12.0. The number of benzene rings is 2. The lowest BCUT2D eigenvalue weighted by Crippen LogP contribution is -2.62. The molecule has 2 aromatic carbocycles. The van der Waals surface area contributed by atoms with E-state index in [1.807, 2.05) is 0 Å². The highest BCUT2D eigenvalue weighted by Gasteiger charge is 2.44. The Labute approximate surface area is 208 Å². The van der Waals surface area contributed by atoms with Crippen molar-refractivity contribution in [2.45, 2.75) is 56.5 Å². The van der Waals surface area contributed by atoms with Crippen LogP contribution in [0.25, 0.3) is 0 Å². The van der Waals surface area contributed by atoms with Crippen molar-refractivity contribution in [3.8, 4) is 0 Å². The molecule has 1 N–H and O–H groups in total. The van der Waals surface area contributed by atoms with E-state index in [0.29, 0.717) is 29.6 Å². The Balaban J connectivity index is 1.29. The first-order valence-corrected chi connectivity index (χ1v) is 12.3. The third kappa shape index (κ3) is 5.07. The third-order valence-electron chi connectivity index (χ3n) is 7.25. The minimum atomic E-state index is -4.51. The summed E-state index contributed by atoms with van der Waals surface area (Å²) < 4.78 is 47.5. The van der Waals surface area contributed by atoms with Crippen LogP contribution in [0, 0.1) is 5.92 Å². The number of carbonyl (C=O) groups is 1. The van der Waals surface area contributed by atoms with Crippen LogP contribution < -0.4 is 5.32 Å². The Hall–Kier alpha value is -2.51. The number of amides is 2. The molecule has 0 radical (unpaired) electrons. The molecule has 0 spiro atoms. The van der Waals surface area contributed by atoms with Crippen LogP contribution in [0.1, 0.15) is 55.4 Å². The molecule has 2 bridgehead atoms. The zero-order valence-corrected chi connectivity index (χ0v) is 20.2. The van der Waals surface area contributed by atoms with Gasteiger partial charge in [-0.1, -0.05) is 60.5 Å². The van der Waals surface area contributed by atoms with Crippen molar-refractivity contribution < 1.29 is 22.7 Å². The van der Waals surface area contributed by atoms with E-state index in [0.717, 1.165) is 31.7 Å². The number of fused-ring (bicyclic) bond motifs is 2. The Morgan fingerprint density at radius 3 is 2.60 bits per heavy atom. The van der Waals surface area contributed by atoms with Gasteiger partial charge >= 0.3 is 12.2 Å². The molecule has 0 aromatic heterocycles. The second-order valence-corrected chi connectivity index (χ2v) is 10.6. The van der Waals surface area contributed by atoms with Gasteiger partial charge in [0.25, 0.3) is 0 Å². The second kappa shape index (κ2) is 9.17. The molecule has 1 saturated carbocycles. The fourth-order valence-electron chi connectivity index (χ4n) is 5.70. The fourth-order valence-corrected chi connectivity index (χ4v) is 5.83. The fraction of sp³-hybridized carbons (Fsp3) is 0.444. The van der Waals surface area contributed by atoms with E-state index in [2.05, 4.69) is 18.3 Å². The Kier molecular flexibility index (Phi) is 6.34. The van der Waals surface area contributed by atoms with Gasteiger partial charge in [-0.2, -0.15) is 13.2 Å². The summed E-state index contributed by atoms with van der Waals surface area (Å²) in [5, 5.41) is 3.73. The second-order valence-electron chi connectivity index (χ2n) is 10.1. The van der Waals surface area contributed by atoms with E-state index in [9.17, 15) is 18.0 Å². The van der Waals surface area contributed by atoms with Crippen LogP contribution in [0.3, 0.4) is 0 Å². The molecular formula is C27H28ClF3N2O2. The number of hydrogen-bond donors (Lipinski definition) is 1. The minimum Gasteiger partial charge on any atom is -0.362 e. The summed E-state index contributed by atoms with van der Waals surface area (Å²) in [6.45, 7) is 2.87. The summed E-state index contributed by atoms with van der Waals surface area (Å²) in [6.07, 6.45) is 0.258. The standard InChI is InChI=1S/C27H28ClF3N2O2/c1-17-12-18-10-11-26(13-17,14-18)32-25(34)33-15-21(16-33)35-24(19-6-8-20(28)9-7-19)22-4-2-3-5-23(22)27(29,30)31/h2-10,17,21,24H,11-16H2,1H3,(H,32,34). The van der Waals surface area contributed by atoms with Gasteiger partial charge in [0, 0.05) is 10.6 Å². The first kappa shape index (κ1) is 24.2. The number of urea groups is 1. The number of carbonyl (C=O) groups excluding carboxylic acids is 1. The van der Waals surface area contributed by atoms with Crippen molar-refractivity contribution >= 4 is 17.6 Å². The molecule has 5 rings (SSSR count). The van der Waals surface area contributed by atoms with Gasteiger partial charge < -0.3 is 15.0 Å². The predicted molar refractivity (Wildman–Crippen MR) is 128 cm³/mol. The maximum Gasteiger partial charge on any atom is 0.416 e. The van der Waals surface area contributed by atoms with Gasteiger partial charge in [0.15, 0.2) is 0 Å².